The number of hydrogen-bond acceptors (Lipinski definition) is 2. The molecule has 2 aromatic rings. The Kier molecular flexibility index (Phi) is 5.70. The maximum atomic E-state index is 13.7. The van der Waals surface area contributed by atoms with Gasteiger partial charge in [-0.05, 0) is 43.3 Å². The Bertz CT molecular complexity index is 619. The second-order valence-electron chi connectivity index (χ2n) is 4.58. The summed E-state index contributed by atoms with van der Waals surface area (Å²) in [6.45, 7) is 3.55. The van der Waals surface area contributed by atoms with E-state index in [1.807, 2.05) is 6.07 Å². The Labute approximate surface area is 131 Å². The topological polar surface area (TPSA) is 21.3 Å². The zero-order valence-corrected chi connectivity index (χ0v) is 13.2. The van der Waals surface area contributed by atoms with Crippen LogP contribution in [0.1, 0.15) is 18.9 Å². The molecule has 0 aromatic heterocycles. The van der Waals surface area contributed by atoms with Gasteiger partial charge in [0.2, 0.25) is 5.82 Å². The standard InChI is InChI=1S/C16H16BrF2NO/c1-2-8-20-10-11-9-12(17)6-7-14(11)21-15-5-3-4-13(18)16(15)19/h3-7,9,20H,2,8,10H2,1H3. The average molecular weight is 356 g/mol. The summed E-state index contributed by atoms with van der Waals surface area (Å²) in [5.41, 5.74) is 0.876. The van der Waals surface area contributed by atoms with Crippen LogP contribution in [0.3, 0.4) is 0 Å². The predicted octanol–water partition coefficient (Wildman–Crippen LogP) is 5.02. The molecule has 0 aliphatic heterocycles. The zero-order valence-electron chi connectivity index (χ0n) is 11.6. The molecule has 0 aliphatic rings. The summed E-state index contributed by atoms with van der Waals surface area (Å²) in [5, 5.41) is 3.26. The van der Waals surface area contributed by atoms with Crippen molar-refractivity contribution in [1.29, 1.82) is 0 Å². The summed E-state index contributed by atoms with van der Waals surface area (Å²) in [6, 6.07) is 9.32. The van der Waals surface area contributed by atoms with Crippen LogP contribution in [0.25, 0.3) is 0 Å². The average Bonchev–Trinajstić information content (AvgIpc) is 2.46. The fourth-order valence-corrected chi connectivity index (χ4v) is 2.28. The molecule has 0 amide bonds. The lowest BCUT2D eigenvalue weighted by molar-refractivity contribution is 0.411. The molecule has 0 radical (unpaired) electrons. The molecule has 0 fully saturated rings. The molecule has 0 unspecified atom stereocenters. The third-order valence-electron chi connectivity index (χ3n) is 2.90. The fourth-order valence-electron chi connectivity index (χ4n) is 1.87. The van der Waals surface area contributed by atoms with E-state index < -0.39 is 11.6 Å². The molecule has 0 bridgehead atoms. The van der Waals surface area contributed by atoms with E-state index in [1.54, 1.807) is 12.1 Å². The van der Waals surface area contributed by atoms with E-state index in [0.29, 0.717) is 12.3 Å². The Morgan fingerprint density at radius 1 is 1.14 bits per heavy atom. The van der Waals surface area contributed by atoms with Crippen LogP contribution in [-0.4, -0.2) is 6.54 Å². The van der Waals surface area contributed by atoms with Gasteiger partial charge >= 0.3 is 0 Å². The summed E-state index contributed by atoms with van der Waals surface area (Å²) in [5.74, 6) is -1.51. The van der Waals surface area contributed by atoms with Crippen molar-refractivity contribution in [3.63, 3.8) is 0 Å². The van der Waals surface area contributed by atoms with Crippen LogP contribution >= 0.6 is 15.9 Å². The van der Waals surface area contributed by atoms with E-state index in [9.17, 15) is 8.78 Å². The molecule has 0 saturated carbocycles. The van der Waals surface area contributed by atoms with Crippen molar-refractivity contribution in [2.45, 2.75) is 19.9 Å². The SMILES string of the molecule is CCCNCc1cc(Br)ccc1Oc1cccc(F)c1F. The molecule has 2 aromatic carbocycles. The first-order valence-electron chi connectivity index (χ1n) is 6.73. The molecule has 0 spiro atoms. The second-order valence-corrected chi connectivity index (χ2v) is 5.50. The molecule has 0 heterocycles. The van der Waals surface area contributed by atoms with Crippen molar-refractivity contribution in [3.05, 3.63) is 58.1 Å². The Hall–Kier alpha value is -1.46. The Balaban J connectivity index is 2.24. The summed E-state index contributed by atoms with van der Waals surface area (Å²) >= 11 is 3.40. The third kappa shape index (κ3) is 4.25. The second kappa shape index (κ2) is 7.52. The smallest absolute Gasteiger partial charge is 0.201 e. The van der Waals surface area contributed by atoms with Gasteiger partial charge in [-0.15, -0.1) is 0 Å². The minimum Gasteiger partial charge on any atom is -0.454 e. The maximum Gasteiger partial charge on any atom is 0.201 e. The normalized spacial score (nSPS) is 10.7. The van der Waals surface area contributed by atoms with Gasteiger partial charge in [0.05, 0.1) is 0 Å². The highest BCUT2D eigenvalue weighted by Crippen LogP contribution is 2.30. The summed E-state index contributed by atoms with van der Waals surface area (Å²) < 4.78 is 33.3. The van der Waals surface area contributed by atoms with Gasteiger partial charge in [0, 0.05) is 16.6 Å². The minimum absolute atomic E-state index is 0.117. The Morgan fingerprint density at radius 2 is 1.95 bits per heavy atom. The van der Waals surface area contributed by atoms with Crippen LogP contribution in [0.4, 0.5) is 8.78 Å². The lowest BCUT2D eigenvalue weighted by atomic mass is 10.2. The number of halogens is 3. The molecule has 5 heteroatoms. The van der Waals surface area contributed by atoms with Crippen LogP contribution in [0.15, 0.2) is 40.9 Å². The number of rotatable bonds is 6. The first kappa shape index (κ1) is 15.9. The van der Waals surface area contributed by atoms with Crippen molar-refractivity contribution >= 4 is 15.9 Å². The number of ether oxygens (including phenoxy) is 1. The summed E-state index contributed by atoms with van der Waals surface area (Å²) in [7, 11) is 0. The first-order valence-corrected chi connectivity index (χ1v) is 7.52. The van der Waals surface area contributed by atoms with Crippen LogP contribution in [0.2, 0.25) is 0 Å². The third-order valence-corrected chi connectivity index (χ3v) is 3.39. The summed E-state index contributed by atoms with van der Waals surface area (Å²) in [4.78, 5) is 0. The van der Waals surface area contributed by atoms with Gasteiger partial charge in [-0.3, -0.25) is 0 Å². The molecule has 112 valence electrons. The van der Waals surface area contributed by atoms with E-state index >= 15 is 0 Å². The van der Waals surface area contributed by atoms with Gasteiger partial charge in [-0.25, -0.2) is 4.39 Å². The van der Waals surface area contributed by atoms with Gasteiger partial charge in [0.15, 0.2) is 11.6 Å². The highest BCUT2D eigenvalue weighted by molar-refractivity contribution is 9.10. The predicted molar refractivity (Wildman–Crippen MR) is 82.6 cm³/mol. The van der Waals surface area contributed by atoms with Crippen LogP contribution < -0.4 is 10.1 Å². The number of hydrogen-bond donors (Lipinski definition) is 1. The molecule has 21 heavy (non-hydrogen) atoms. The summed E-state index contributed by atoms with van der Waals surface area (Å²) in [6.07, 6.45) is 1.02. The molecule has 0 atom stereocenters. The Morgan fingerprint density at radius 3 is 2.71 bits per heavy atom. The fraction of sp³-hybridized carbons (Fsp3) is 0.250. The molecule has 0 aliphatic carbocycles. The van der Waals surface area contributed by atoms with Crippen LogP contribution in [0.5, 0.6) is 11.5 Å². The van der Waals surface area contributed by atoms with Crippen molar-refractivity contribution in [2.75, 3.05) is 6.54 Å². The van der Waals surface area contributed by atoms with Crippen molar-refractivity contribution in [1.82, 2.24) is 5.32 Å². The molecular formula is C16H16BrF2NO. The van der Waals surface area contributed by atoms with E-state index in [1.165, 1.54) is 12.1 Å². The number of benzene rings is 2. The van der Waals surface area contributed by atoms with Gasteiger partial charge < -0.3 is 10.1 Å². The largest absolute Gasteiger partial charge is 0.454 e. The van der Waals surface area contributed by atoms with E-state index in [4.69, 9.17) is 4.74 Å². The lowest BCUT2D eigenvalue weighted by Gasteiger charge is -2.13. The zero-order chi connectivity index (χ0) is 15.2. The lowest BCUT2D eigenvalue weighted by Crippen LogP contribution is -2.14. The van der Waals surface area contributed by atoms with Crippen molar-refractivity contribution < 1.29 is 13.5 Å². The van der Waals surface area contributed by atoms with Gasteiger partial charge in [-0.1, -0.05) is 28.9 Å². The van der Waals surface area contributed by atoms with Gasteiger partial charge in [0.25, 0.3) is 0 Å². The minimum atomic E-state index is -0.979. The van der Waals surface area contributed by atoms with Gasteiger partial charge in [-0.2, -0.15) is 4.39 Å². The molecular weight excluding hydrogens is 340 g/mol. The van der Waals surface area contributed by atoms with Crippen LogP contribution in [0, 0.1) is 11.6 Å². The van der Waals surface area contributed by atoms with Crippen molar-refractivity contribution in [3.8, 4) is 11.5 Å². The van der Waals surface area contributed by atoms with E-state index in [0.717, 1.165) is 29.1 Å². The number of nitrogens with one attached hydrogen (secondary N) is 1. The highest BCUT2D eigenvalue weighted by Gasteiger charge is 2.12. The highest BCUT2D eigenvalue weighted by atomic mass is 79.9. The molecule has 2 nitrogen and oxygen atoms in total. The molecule has 1 N–H and O–H groups in total. The van der Waals surface area contributed by atoms with Crippen molar-refractivity contribution in [2.24, 2.45) is 0 Å². The van der Waals surface area contributed by atoms with Crippen LogP contribution in [-0.2, 0) is 6.54 Å². The monoisotopic (exact) mass is 355 g/mol. The quantitative estimate of drug-likeness (QED) is 0.734. The first-order chi connectivity index (χ1) is 10.1. The molecule has 0 saturated heterocycles. The van der Waals surface area contributed by atoms with Gasteiger partial charge in [0.1, 0.15) is 5.75 Å². The van der Waals surface area contributed by atoms with E-state index in [2.05, 4.69) is 28.2 Å². The molecule has 2 rings (SSSR count). The maximum absolute atomic E-state index is 13.7. The van der Waals surface area contributed by atoms with E-state index in [-0.39, 0.29) is 5.75 Å².